The van der Waals surface area contributed by atoms with Crippen molar-refractivity contribution in [1.82, 2.24) is 20.9 Å². The fraction of sp³-hybridized carbons (Fsp3) is 0.385. The van der Waals surface area contributed by atoms with Crippen molar-refractivity contribution in [2.24, 2.45) is 0 Å². The number of piperazine rings is 1. The summed E-state index contributed by atoms with van der Waals surface area (Å²) in [6.45, 7) is 5.43. The molecule has 0 saturated carbocycles. The summed E-state index contributed by atoms with van der Waals surface area (Å²) >= 11 is 0. The molecule has 1 unspecified atom stereocenters. The van der Waals surface area contributed by atoms with E-state index in [1.54, 1.807) is 12.1 Å². The number of piperidine rings is 1. The number of benzene rings is 2. The molecule has 182 valence electrons. The van der Waals surface area contributed by atoms with Gasteiger partial charge in [-0.1, -0.05) is 18.2 Å². The summed E-state index contributed by atoms with van der Waals surface area (Å²) in [5.74, 6) is -1.94. The molecule has 2 aromatic rings. The molecule has 9 heteroatoms. The highest BCUT2D eigenvalue weighted by molar-refractivity contribution is 6.23. The molecule has 35 heavy (non-hydrogen) atoms. The summed E-state index contributed by atoms with van der Waals surface area (Å²) in [5, 5.41) is 8.98. The summed E-state index contributed by atoms with van der Waals surface area (Å²) < 4.78 is 0. The minimum Gasteiger partial charge on any atom is -0.369 e. The Hall–Kier alpha value is -3.56. The van der Waals surface area contributed by atoms with Gasteiger partial charge in [0.05, 0.1) is 11.1 Å². The maximum atomic E-state index is 13.0. The number of fused-ring (bicyclic) bond motifs is 1. The lowest BCUT2D eigenvalue weighted by atomic mass is 10.0. The van der Waals surface area contributed by atoms with Crippen molar-refractivity contribution in [2.75, 3.05) is 37.6 Å². The SMILES string of the molecule is O=C1CCC(N2C(=O)c3ccc(CNCCc4ccc(N5CCNCC5)cc4)cc3C2=O)C(=O)N1. The third-order valence-electron chi connectivity index (χ3n) is 6.84. The van der Waals surface area contributed by atoms with Crippen molar-refractivity contribution in [2.45, 2.75) is 31.8 Å². The van der Waals surface area contributed by atoms with Crippen LogP contribution < -0.4 is 20.9 Å². The van der Waals surface area contributed by atoms with Gasteiger partial charge in [0.25, 0.3) is 11.8 Å². The fourth-order valence-corrected chi connectivity index (χ4v) is 4.89. The van der Waals surface area contributed by atoms with Crippen LogP contribution >= 0.6 is 0 Å². The standard InChI is InChI=1S/C26H29N5O4/c32-23-8-7-22(24(33)29-23)31-25(34)20-6-3-18(15-21(20)26(31)35)16-28-10-9-17-1-4-19(5-2-17)30-13-11-27-12-14-30/h1-6,15,22,27-28H,7-14,16H2,(H,29,32,33). The minimum atomic E-state index is -0.945. The lowest BCUT2D eigenvalue weighted by Gasteiger charge is -2.29. The third kappa shape index (κ3) is 4.82. The first-order valence-electron chi connectivity index (χ1n) is 12.1. The molecule has 0 aromatic heterocycles. The smallest absolute Gasteiger partial charge is 0.262 e. The number of carbonyl (C=O) groups is 4. The predicted molar refractivity (Wildman–Crippen MR) is 130 cm³/mol. The van der Waals surface area contributed by atoms with Crippen molar-refractivity contribution in [3.05, 3.63) is 64.7 Å². The summed E-state index contributed by atoms with van der Waals surface area (Å²) in [7, 11) is 0. The van der Waals surface area contributed by atoms with E-state index in [9.17, 15) is 19.2 Å². The number of hydrogen-bond acceptors (Lipinski definition) is 7. The molecule has 9 nitrogen and oxygen atoms in total. The number of anilines is 1. The molecular weight excluding hydrogens is 446 g/mol. The fourth-order valence-electron chi connectivity index (χ4n) is 4.89. The van der Waals surface area contributed by atoms with Gasteiger partial charge in [-0.3, -0.25) is 29.4 Å². The van der Waals surface area contributed by atoms with Gasteiger partial charge in [0.15, 0.2) is 0 Å². The number of amides is 4. The van der Waals surface area contributed by atoms with Gasteiger partial charge in [-0.2, -0.15) is 0 Å². The second-order valence-electron chi connectivity index (χ2n) is 9.16. The average Bonchev–Trinajstić information content (AvgIpc) is 3.12. The van der Waals surface area contributed by atoms with Crippen LogP contribution in [0.1, 0.15) is 44.7 Å². The summed E-state index contributed by atoms with van der Waals surface area (Å²) in [6.07, 6.45) is 1.14. The molecule has 0 bridgehead atoms. The summed E-state index contributed by atoms with van der Waals surface area (Å²) in [5.41, 5.74) is 4.01. The van der Waals surface area contributed by atoms with E-state index in [2.05, 4.69) is 45.1 Å². The largest absolute Gasteiger partial charge is 0.369 e. The van der Waals surface area contributed by atoms with Gasteiger partial charge in [-0.05, 0) is 54.8 Å². The topological polar surface area (TPSA) is 111 Å². The van der Waals surface area contributed by atoms with E-state index in [1.165, 1.54) is 11.3 Å². The molecule has 5 rings (SSSR count). The molecule has 3 aliphatic rings. The molecule has 3 heterocycles. The highest BCUT2D eigenvalue weighted by Gasteiger charge is 2.44. The monoisotopic (exact) mass is 475 g/mol. The second-order valence-corrected chi connectivity index (χ2v) is 9.16. The van der Waals surface area contributed by atoms with Gasteiger partial charge >= 0.3 is 0 Å². The van der Waals surface area contributed by atoms with Crippen molar-refractivity contribution in [1.29, 1.82) is 0 Å². The summed E-state index contributed by atoms with van der Waals surface area (Å²) in [6, 6.07) is 12.9. The van der Waals surface area contributed by atoms with E-state index in [1.807, 2.05) is 6.07 Å². The minimum absolute atomic E-state index is 0.109. The van der Waals surface area contributed by atoms with Gasteiger partial charge in [0.1, 0.15) is 6.04 Å². The lowest BCUT2D eigenvalue weighted by Crippen LogP contribution is -2.54. The molecule has 2 aromatic carbocycles. The first-order chi connectivity index (χ1) is 17.0. The van der Waals surface area contributed by atoms with E-state index < -0.39 is 23.8 Å². The number of hydrogen-bond donors (Lipinski definition) is 3. The van der Waals surface area contributed by atoms with Crippen LogP contribution in [0.25, 0.3) is 0 Å². The van der Waals surface area contributed by atoms with Gasteiger partial charge in [-0.25, -0.2) is 0 Å². The van der Waals surface area contributed by atoms with Crippen molar-refractivity contribution in [3.63, 3.8) is 0 Å². The van der Waals surface area contributed by atoms with Gasteiger partial charge in [-0.15, -0.1) is 0 Å². The summed E-state index contributed by atoms with van der Waals surface area (Å²) in [4.78, 5) is 52.8. The maximum Gasteiger partial charge on any atom is 0.262 e. The van der Waals surface area contributed by atoms with Crippen LogP contribution in [0.5, 0.6) is 0 Å². The first kappa shape index (κ1) is 23.2. The Kier molecular flexibility index (Phi) is 6.61. The van der Waals surface area contributed by atoms with E-state index in [0.717, 1.165) is 49.6 Å². The van der Waals surface area contributed by atoms with Crippen molar-refractivity contribution >= 4 is 29.3 Å². The van der Waals surface area contributed by atoms with Gasteiger partial charge < -0.3 is 15.5 Å². The van der Waals surface area contributed by atoms with E-state index in [4.69, 9.17) is 0 Å². The molecule has 0 aliphatic carbocycles. The Bertz CT molecular complexity index is 1160. The quantitative estimate of drug-likeness (QED) is 0.402. The molecule has 2 fully saturated rings. The Balaban J connectivity index is 1.15. The zero-order valence-electron chi connectivity index (χ0n) is 19.5. The maximum absolute atomic E-state index is 13.0. The molecule has 4 amide bonds. The van der Waals surface area contributed by atoms with E-state index >= 15 is 0 Å². The van der Waals surface area contributed by atoms with Crippen LogP contribution in [0.2, 0.25) is 0 Å². The van der Waals surface area contributed by atoms with Crippen molar-refractivity contribution < 1.29 is 19.2 Å². The van der Waals surface area contributed by atoms with Crippen LogP contribution in [-0.4, -0.2) is 67.3 Å². The molecule has 1 atom stereocenters. The van der Waals surface area contributed by atoms with Crippen LogP contribution in [0.4, 0.5) is 5.69 Å². The Morgan fingerprint density at radius 3 is 2.34 bits per heavy atom. The van der Waals surface area contributed by atoms with Crippen LogP contribution in [0.3, 0.4) is 0 Å². The molecule has 2 saturated heterocycles. The van der Waals surface area contributed by atoms with Gasteiger partial charge in [0.2, 0.25) is 11.8 Å². The zero-order valence-corrected chi connectivity index (χ0v) is 19.5. The number of rotatable bonds is 7. The van der Waals surface area contributed by atoms with Crippen LogP contribution in [0.15, 0.2) is 42.5 Å². The first-order valence-corrected chi connectivity index (χ1v) is 12.1. The van der Waals surface area contributed by atoms with E-state index in [0.29, 0.717) is 17.7 Å². The molecular formula is C26H29N5O4. The average molecular weight is 476 g/mol. The number of carbonyl (C=O) groups excluding carboxylic acids is 4. The molecule has 3 N–H and O–H groups in total. The Morgan fingerprint density at radius 1 is 0.886 bits per heavy atom. The molecule has 0 radical (unpaired) electrons. The molecule has 0 spiro atoms. The number of imide groups is 2. The molecule has 3 aliphatic heterocycles. The van der Waals surface area contributed by atoms with Gasteiger partial charge in [0, 0.05) is 44.8 Å². The second kappa shape index (κ2) is 9.97. The number of nitrogens with one attached hydrogen (secondary N) is 3. The Labute approximate surface area is 203 Å². The van der Waals surface area contributed by atoms with Crippen molar-refractivity contribution in [3.8, 4) is 0 Å². The predicted octanol–water partition coefficient (Wildman–Crippen LogP) is 0.830. The van der Waals surface area contributed by atoms with E-state index in [-0.39, 0.29) is 18.7 Å². The highest BCUT2D eigenvalue weighted by atomic mass is 16.2. The third-order valence-corrected chi connectivity index (χ3v) is 6.84. The lowest BCUT2D eigenvalue weighted by molar-refractivity contribution is -0.136. The normalized spacial score (nSPS) is 20.3. The Morgan fingerprint density at radius 2 is 1.60 bits per heavy atom. The van der Waals surface area contributed by atoms with Crippen LogP contribution in [-0.2, 0) is 22.6 Å². The van der Waals surface area contributed by atoms with Crippen LogP contribution in [0, 0.1) is 0 Å². The zero-order chi connectivity index (χ0) is 24.4. The highest BCUT2D eigenvalue weighted by Crippen LogP contribution is 2.28. The number of nitrogens with zero attached hydrogens (tertiary/aromatic N) is 2.